The summed E-state index contributed by atoms with van der Waals surface area (Å²) in [6.45, 7) is 13.6. The number of fused-ring (bicyclic) bond motifs is 3. The summed E-state index contributed by atoms with van der Waals surface area (Å²) in [5, 5.41) is 6.90. The van der Waals surface area contributed by atoms with Crippen molar-refractivity contribution in [2.75, 3.05) is 66.1 Å². The van der Waals surface area contributed by atoms with Crippen molar-refractivity contribution in [1.29, 1.82) is 0 Å². The zero-order valence-corrected chi connectivity index (χ0v) is 20.3. The fourth-order valence-electron chi connectivity index (χ4n) is 3.80. The van der Waals surface area contributed by atoms with E-state index in [0.717, 1.165) is 36.9 Å². The van der Waals surface area contributed by atoms with Gasteiger partial charge in [0.15, 0.2) is 5.96 Å². The summed E-state index contributed by atoms with van der Waals surface area (Å²) in [7, 11) is 1.69. The number of hydrogen-bond donors (Lipinski definition) is 2. The van der Waals surface area contributed by atoms with Gasteiger partial charge < -0.3 is 20.1 Å². The topological polar surface area (TPSA) is 61.4 Å². The van der Waals surface area contributed by atoms with Gasteiger partial charge in [-0.1, -0.05) is 12.1 Å². The number of rotatable bonds is 9. The van der Waals surface area contributed by atoms with Gasteiger partial charge in [0.1, 0.15) is 12.4 Å². The van der Waals surface area contributed by atoms with E-state index in [1.807, 2.05) is 0 Å². The summed E-state index contributed by atoms with van der Waals surface area (Å²) in [6, 6.07) is 6.85. The number of piperazine rings is 3. The number of aliphatic imine (C=N–C) groups is 1. The minimum Gasteiger partial charge on any atom is -0.491 e. The number of halogens is 1. The molecule has 0 radical (unpaired) electrons. The number of benzene rings is 1. The lowest BCUT2D eigenvalue weighted by Gasteiger charge is -2.47. The third-order valence-corrected chi connectivity index (χ3v) is 5.42. The molecule has 3 heterocycles. The van der Waals surface area contributed by atoms with Gasteiger partial charge in [0.25, 0.3) is 0 Å². The molecular formula is C21H36IN5O2. The smallest absolute Gasteiger partial charge is 0.191 e. The molecule has 2 bridgehead atoms. The lowest BCUT2D eigenvalue weighted by atomic mass is 10.1. The van der Waals surface area contributed by atoms with Crippen molar-refractivity contribution in [2.24, 2.45) is 4.99 Å². The Labute approximate surface area is 192 Å². The largest absolute Gasteiger partial charge is 0.491 e. The Hall–Kier alpha value is -1.10. The van der Waals surface area contributed by atoms with Gasteiger partial charge in [-0.3, -0.25) is 9.80 Å². The second kappa shape index (κ2) is 12.6. The quantitative estimate of drug-likeness (QED) is 0.225. The Morgan fingerprint density at radius 1 is 1.17 bits per heavy atom. The van der Waals surface area contributed by atoms with Crippen LogP contribution in [0.1, 0.15) is 18.1 Å². The van der Waals surface area contributed by atoms with Crippen LogP contribution in [-0.2, 0) is 11.3 Å². The molecule has 1 unspecified atom stereocenters. The third-order valence-electron chi connectivity index (χ3n) is 5.42. The van der Waals surface area contributed by atoms with Gasteiger partial charge in [-0.15, -0.1) is 24.0 Å². The molecule has 0 amide bonds. The van der Waals surface area contributed by atoms with Crippen molar-refractivity contribution in [1.82, 2.24) is 20.4 Å². The number of aryl methyl sites for hydroxylation is 1. The van der Waals surface area contributed by atoms with Gasteiger partial charge in [-0.2, -0.15) is 0 Å². The van der Waals surface area contributed by atoms with E-state index in [1.54, 1.807) is 7.11 Å². The first kappa shape index (κ1) is 24.2. The standard InChI is InChI=1S/C21H35N5O2.HI/c1-4-22-21(24-15-19-16-25-7-9-26(19)10-8-25)23-14-18-6-5-17(2)13-20(18)28-12-11-27-3;/h5-6,13,19H,4,7-12,14-16H2,1-3H3,(H2,22,23,24);1H. The van der Waals surface area contributed by atoms with Crippen LogP contribution in [0.3, 0.4) is 0 Å². The maximum Gasteiger partial charge on any atom is 0.191 e. The van der Waals surface area contributed by atoms with Crippen LogP contribution >= 0.6 is 24.0 Å². The average molecular weight is 517 g/mol. The van der Waals surface area contributed by atoms with Crippen molar-refractivity contribution in [3.63, 3.8) is 0 Å². The molecule has 0 aromatic heterocycles. The highest BCUT2D eigenvalue weighted by molar-refractivity contribution is 14.0. The Balaban J connectivity index is 0.00000300. The summed E-state index contributed by atoms with van der Waals surface area (Å²) in [6.07, 6.45) is 0. The van der Waals surface area contributed by atoms with Gasteiger partial charge in [-0.05, 0) is 25.5 Å². The van der Waals surface area contributed by atoms with Crippen LogP contribution in [0, 0.1) is 6.92 Å². The monoisotopic (exact) mass is 517 g/mol. The third kappa shape index (κ3) is 7.27. The van der Waals surface area contributed by atoms with Gasteiger partial charge in [0.2, 0.25) is 0 Å². The van der Waals surface area contributed by atoms with E-state index < -0.39 is 0 Å². The van der Waals surface area contributed by atoms with Crippen molar-refractivity contribution in [3.8, 4) is 5.75 Å². The number of ether oxygens (including phenoxy) is 2. The zero-order chi connectivity index (χ0) is 19.8. The van der Waals surface area contributed by atoms with Crippen LogP contribution < -0.4 is 15.4 Å². The first-order valence-electron chi connectivity index (χ1n) is 10.4. The highest BCUT2D eigenvalue weighted by atomic mass is 127. The van der Waals surface area contributed by atoms with E-state index in [4.69, 9.17) is 14.5 Å². The summed E-state index contributed by atoms with van der Waals surface area (Å²) in [4.78, 5) is 9.96. The zero-order valence-electron chi connectivity index (χ0n) is 17.9. The van der Waals surface area contributed by atoms with Gasteiger partial charge in [-0.25, -0.2) is 4.99 Å². The van der Waals surface area contributed by atoms with Crippen molar-refractivity contribution in [3.05, 3.63) is 29.3 Å². The van der Waals surface area contributed by atoms with E-state index in [1.165, 1.54) is 31.7 Å². The molecule has 3 aliphatic heterocycles. The molecule has 3 fully saturated rings. The Morgan fingerprint density at radius 2 is 1.97 bits per heavy atom. The lowest BCUT2D eigenvalue weighted by molar-refractivity contribution is 0.0154. The van der Waals surface area contributed by atoms with E-state index in [2.05, 4.69) is 52.5 Å². The minimum atomic E-state index is 0. The number of nitrogens with zero attached hydrogens (tertiary/aromatic N) is 3. The molecule has 8 heteroatoms. The number of methoxy groups -OCH3 is 1. The molecule has 164 valence electrons. The molecule has 3 aliphatic rings. The second-order valence-corrected chi connectivity index (χ2v) is 7.52. The molecular weight excluding hydrogens is 481 g/mol. The van der Waals surface area contributed by atoms with Gasteiger partial charge in [0, 0.05) is 64.5 Å². The molecule has 0 saturated carbocycles. The molecule has 2 N–H and O–H groups in total. The van der Waals surface area contributed by atoms with Gasteiger partial charge >= 0.3 is 0 Å². The Morgan fingerprint density at radius 3 is 2.62 bits per heavy atom. The molecule has 3 saturated heterocycles. The summed E-state index contributed by atoms with van der Waals surface area (Å²) in [5.74, 6) is 1.75. The maximum atomic E-state index is 5.89. The highest BCUT2D eigenvalue weighted by Gasteiger charge is 2.31. The SMILES string of the molecule is CCNC(=NCc1ccc(C)cc1OCCOC)NCC1CN2CCN1CC2.I. The second-order valence-electron chi connectivity index (χ2n) is 7.52. The van der Waals surface area contributed by atoms with Crippen LogP contribution in [0.15, 0.2) is 23.2 Å². The fraction of sp³-hybridized carbons (Fsp3) is 0.667. The Bertz CT molecular complexity index is 650. The number of guanidine groups is 1. The van der Waals surface area contributed by atoms with E-state index in [0.29, 0.717) is 25.8 Å². The van der Waals surface area contributed by atoms with E-state index in [-0.39, 0.29) is 24.0 Å². The van der Waals surface area contributed by atoms with Crippen LogP contribution in [0.25, 0.3) is 0 Å². The molecule has 7 nitrogen and oxygen atoms in total. The van der Waals surface area contributed by atoms with Gasteiger partial charge in [0.05, 0.1) is 13.2 Å². The fourth-order valence-corrected chi connectivity index (χ4v) is 3.80. The van der Waals surface area contributed by atoms with Crippen molar-refractivity contribution >= 4 is 29.9 Å². The molecule has 1 aromatic carbocycles. The molecule has 4 rings (SSSR count). The summed E-state index contributed by atoms with van der Waals surface area (Å²) >= 11 is 0. The molecule has 1 atom stereocenters. The molecule has 1 aromatic rings. The van der Waals surface area contributed by atoms with Crippen molar-refractivity contribution in [2.45, 2.75) is 26.4 Å². The normalized spacial score (nSPS) is 23.4. The predicted octanol–water partition coefficient (Wildman–Crippen LogP) is 1.69. The Kier molecular flexibility index (Phi) is 10.5. The minimum absolute atomic E-state index is 0. The number of hydrogen-bond acceptors (Lipinski definition) is 5. The van der Waals surface area contributed by atoms with E-state index in [9.17, 15) is 0 Å². The summed E-state index contributed by atoms with van der Waals surface area (Å²) in [5.41, 5.74) is 2.27. The van der Waals surface area contributed by atoms with Crippen LogP contribution in [0.4, 0.5) is 0 Å². The molecule has 0 aliphatic carbocycles. The highest BCUT2D eigenvalue weighted by Crippen LogP contribution is 2.21. The molecule has 29 heavy (non-hydrogen) atoms. The van der Waals surface area contributed by atoms with E-state index >= 15 is 0 Å². The van der Waals surface area contributed by atoms with Crippen molar-refractivity contribution < 1.29 is 9.47 Å². The summed E-state index contributed by atoms with van der Waals surface area (Å²) < 4.78 is 11.0. The molecule has 0 spiro atoms. The first-order valence-corrected chi connectivity index (χ1v) is 10.4. The average Bonchev–Trinajstić information content (AvgIpc) is 2.72. The predicted molar refractivity (Wildman–Crippen MR) is 129 cm³/mol. The van der Waals surface area contributed by atoms with Crippen LogP contribution in [-0.4, -0.2) is 87.9 Å². The first-order chi connectivity index (χ1) is 13.7. The maximum absolute atomic E-state index is 5.89. The van der Waals surface area contributed by atoms with Crippen LogP contribution in [0.5, 0.6) is 5.75 Å². The van der Waals surface area contributed by atoms with Crippen LogP contribution in [0.2, 0.25) is 0 Å². The lowest BCUT2D eigenvalue weighted by Crippen LogP contribution is -2.63. The number of nitrogens with one attached hydrogen (secondary N) is 2.